The Morgan fingerprint density at radius 2 is 1.13 bits per heavy atom. The molecule has 0 aliphatic heterocycles. The third-order valence-electron chi connectivity index (χ3n) is 3.43. The first-order valence-electron chi connectivity index (χ1n) is 6.29. The summed E-state index contributed by atoms with van der Waals surface area (Å²) in [5.74, 6) is -25.9. The van der Waals surface area contributed by atoms with Gasteiger partial charge < -0.3 is 4.74 Å². The number of ether oxygens (including phenoxy) is 3. The molecule has 6 nitrogen and oxygen atoms in total. The van der Waals surface area contributed by atoms with Gasteiger partial charge in [0.15, 0.2) is 0 Å². The van der Waals surface area contributed by atoms with E-state index in [1.54, 1.807) is 4.74 Å². The summed E-state index contributed by atoms with van der Waals surface area (Å²) in [4.78, 5) is 0. The standard InChI is InChI=1S/C9H4F14O6S/c1-27-4(14)2(10,11)5(15,3(4,12)13)28-9(23,6(16,17)18)29-7(19,20)8(21,22)30(24,25)26/h1H3,(H,24,25,26). The van der Waals surface area contributed by atoms with Crippen molar-refractivity contribution in [3.63, 3.8) is 0 Å². The third-order valence-corrected chi connectivity index (χ3v) is 4.32. The first kappa shape index (κ1) is 26.8. The van der Waals surface area contributed by atoms with Gasteiger partial charge in [-0.3, -0.25) is 9.29 Å². The second kappa shape index (κ2) is 6.42. The van der Waals surface area contributed by atoms with Crippen LogP contribution in [0.15, 0.2) is 0 Å². The lowest BCUT2D eigenvalue weighted by molar-refractivity contribution is -0.614. The summed E-state index contributed by atoms with van der Waals surface area (Å²) in [6, 6.07) is -7.40. The number of hydrogen-bond acceptors (Lipinski definition) is 5. The van der Waals surface area contributed by atoms with Crippen molar-refractivity contribution in [1.29, 1.82) is 0 Å². The van der Waals surface area contributed by atoms with Gasteiger partial charge in [0.05, 0.1) is 0 Å². The Hall–Kier alpha value is -1.19. The van der Waals surface area contributed by atoms with Crippen LogP contribution in [0.1, 0.15) is 0 Å². The van der Waals surface area contributed by atoms with E-state index in [0.717, 1.165) is 0 Å². The fraction of sp³-hybridized carbons (Fsp3) is 1.00. The van der Waals surface area contributed by atoms with Gasteiger partial charge in [0.25, 0.3) is 0 Å². The quantitative estimate of drug-likeness (QED) is 0.324. The van der Waals surface area contributed by atoms with E-state index < -0.39 is 57.3 Å². The molecule has 1 aliphatic rings. The summed E-state index contributed by atoms with van der Waals surface area (Å²) in [5.41, 5.74) is 0. The molecule has 21 heteroatoms. The van der Waals surface area contributed by atoms with Crippen LogP contribution in [-0.4, -0.2) is 67.2 Å². The molecule has 180 valence electrons. The number of alkyl halides is 14. The van der Waals surface area contributed by atoms with Gasteiger partial charge >= 0.3 is 57.3 Å². The first-order valence-corrected chi connectivity index (χ1v) is 7.73. The van der Waals surface area contributed by atoms with Gasteiger partial charge in [0, 0.05) is 7.11 Å². The van der Waals surface area contributed by atoms with Crippen LogP contribution in [0.5, 0.6) is 0 Å². The lowest BCUT2D eigenvalue weighted by atomic mass is 9.76. The molecule has 1 fully saturated rings. The molecule has 30 heavy (non-hydrogen) atoms. The van der Waals surface area contributed by atoms with E-state index in [4.69, 9.17) is 4.55 Å². The van der Waals surface area contributed by atoms with Crippen molar-refractivity contribution in [2.75, 3.05) is 7.11 Å². The molecule has 1 atom stereocenters. The van der Waals surface area contributed by atoms with Crippen LogP contribution < -0.4 is 0 Å². The Bertz CT molecular complexity index is 776. The molecule has 0 radical (unpaired) electrons. The second-order valence-electron chi connectivity index (χ2n) is 5.29. The minimum absolute atomic E-state index is 0.314. The topological polar surface area (TPSA) is 82.1 Å². The highest BCUT2D eigenvalue weighted by molar-refractivity contribution is 7.86. The predicted molar refractivity (Wildman–Crippen MR) is 58.1 cm³/mol. The predicted octanol–water partition coefficient (Wildman–Crippen LogP) is 3.54. The summed E-state index contributed by atoms with van der Waals surface area (Å²) in [7, 11) is -7.76. The largest absolute Gasteiger partial charge is 0.478 e. The van der Waals surface area contributed by atoms with Crippen molar-refractivity contribution in [3.8, 4) is 0 Å². The summed E-state index contributed by atoms with van der Waals surface area (Å²) < 4.78 is 219. The summed E-state index contributed by atoms with van der Waals surface area (Å²) in [6.07, 6.45) is -14.9. The summed E-state index contributed by atoms with van der Waals surface area (Å²) in [6.45, 7) is 0. The van der Waals surface area contributed by atoms with E-state index in [-0.39, 0.29) is 7.11 Å². The average Bonchev–Trinajstić information content (AvgIpc) is 2.49. The van der Waals surface area contributed by atoms with Crippen LogP contribution in [0.25, 0.3) is 0 Å². The fourth-order valence-electron chi connectivity index (χ4n) is 1.82. The lowest BCUT2D eigenvalue weighted by Crippen LogP contribution is -2.88. The Morgan fingerprint density at radius 1 is 0.767 bits per heavy atom. The molecular formula is C9H4F14O6S. The van der Waals surface area contributed by atoms with Gasteiger partial charge in [-0.1, -0.05) is 0 Å². The zero-order chi connectivity index (χ0) is 24.6. The van der Waals surface area contributed by atoms with Crippen LogP contribution in [0, 0.1) is 0 Å². The van der Waals surface area contributed by atoms with E-state index in [1.165, 1.54) is 0 Å². The third kappa shape index (κ3) is 3.03. The molecule has 0 bridgehead atoms. The van der Waals surface area contributed by atoms with Crippen molar-refractivity contribution in [1.82, 2.24) is 0 Å². The Balaban J connectivity index is 3.57. The van der Waals surface area contributed by atoms with E-state index in [0.29, 0.717) is 0 Å². The average molecular weight is 506 g/mol. The number of rotatable bonds is 7. The van der Waals surface area contributed by atoms with Crippen molar-refractivity contribution in [3.05, 3.63) is 0 Å². The molecule has 0 heterocycles. The monoisotopic (exact) mass is 506 g/mol. The Kier molecular flexibility index (Phi) is 5.74. The maximum atomic E-state index is 13.8. The highest BCUT2D eigenvalue weighted by atomic mass is 32.2. The molecule has 1 rings (SSSR count). The lowest BCUT2D eigenvalue weighted by Gasteiger charge is -2.56. The zero-order valence-corrected chi connectivity index (χ0v) is 14.0. The molecule has 1 aliphatic carbocycles. The number of hydrogen-bond donors (Lipinski definition) is 1. The van der Waals surface area contributed by atoms with Gasteiger partial charge in [-0.25, -0.2) is 4.74 Å². The first-order chi connectivity index (χ1) is 12.7. The molecule has 0 aromatic rings. The van der Waals surface area contributed by atoms with Gasteiger partial charge in [0.2, 0.25) is 0 Å². The van der Waals surface area contributed by atoms with Crippen LogP contribution in [0.2, 0.25) is 0 Å². The molecule has 1 unspecified atom stereocenters. The van der Waals surface area contributed by atoms with Crippen molar-refractivity contribution in [2.45, 2.75) is 47.1 Å². The van der Waals surface area contributed by atoms with Crippen molar-refractivity contribution >= 4 is 10.1 Å². The number of methoxy groups -OCH3 is 1. The van der Waals surface area contributed by atoms with E-state index in [2.05, 4.69) is 4.74 Å². The van der Waals surface area contributed by atoms with Crippen LogP contribution >= 0.6 is 0 Å². The van der Waals surface area contributed by atoms with Gasteiger partial charge in [0.1, 0.15) is 0 Å². The fourth-order valence-corrected chi connectivity index (χ4v) is 2.16. The molecule has 0 amide bonds. The minimum atomic E-state index is -7.52. The smallest absolute Gasteiger partial charge is 0.340 e. The molecule has 0 aromatic heterocycles. The number of halogens is 14. The summed E-state index contributed by atoms with van der Waals surface area (Å²) >= 11 is 0. The van der Waals surface area contributed by atoms with Gasteiger partial charge in [-0.05, 0) is 0 Å². The Labute approximate surface area is 154 Å². The Morgan fingerprint density at radius 3 is 1.40 bits per heavy atom. The SMILES string of the molecule is COC1(F)C(F)(F)C(F)(OC(F)(OC(F)(F)C(F)(F)S(=O)(=O)O)C(F)(F)F)C1(F)F. The van der Waals surface area contributed by atoms with Crippen molar-refractivity contribution in [2.24, 2.45) is 0 Å². The zero-order valence-electron chi connectivity index (χ0n) is 13.2. The highest BCUT2D eigenvalue weighted by Gasteiger charge is 3.02. The van der Waals surface area contributed by atoms with Gasteiger partial charge in [-0.2, -0.15) is 69.9 Å². The normalized spacial score (nSPS) is 31.7. The highest BCUT2D eigenvalue weighted by Crippen LogP contribution is 2.70. The van der Waals surface area contributed by atoms with Crippen LogP contribution in [0.3, 0.4) is 0 Å². The summed E-state index contributed by atoms with van der Waals surface area (Å²) in [5, 5.41) is -7.20. The van der Waals surface area contributed by atoms with Crippen LogP contribution in [0.4, 0.5) is 61.5 Å². The second-order valence-corrected chi connectivity index (χ2v) is 6.75. The maximum absolute atomic E-state index is 13.8. The molecule has 1 saturated carbocycles. The van der Waals surface area contributed by atoms with E-state index in [9.17, 15) is 69.9 Å². The van der Waals surface area contributed by atoms with E-state index >= 15 is 0 Å². The molecule has 0 aromatic carbocycles. The maximum Gasteiger partial charge on any atom is 0.478 e. The van der Waals surface area contributed by atoms with Gasteiger partial charge in [-0.15, -0.1) is 0 Å². The molecular weight excluding hydrogens is 502 g/mol. The van der Waals surface area contributed by atoms with Crippen molar-refractivity contribution < 1.29 is 88.6 Å². The molecule has 1 N–H and O–H groups in total. The minimum Gasteiger partial charge on any atom is -0.340 e. The van der Waals surface area contributed by atoms with E-state index in [1.807, 2.05) is 4.74 Å². The van der Waals surface area contributed by atoms with Crippen LogP contribution in [-0.2, 0) is 24.3 Å². The molecule has 0 saturated heterocycles. The molecule has 0 spiro atoms.